The quantitative estimate of drug-likeness (QED) is 0.853. The van der Waals surface area contributed by atoms with Gasteiger partial charge in [-0.1, -0.05) is 25.1 Å². The van der Waals surface area contributed by atoms with Gasteiger partial charge < -0.3 is 10.4 Å². The molecule has 0 radical (unpaired) electrons. The fourth-order valence-corrected chi connectivity index (χ4v) is 2.73. The van der Waals surface area contributed by atoms with Gasteiger partial charge in [-0.3, -0.25) is 14.3 Å². The fourth-order valence-electron chi connectivity index (χ4n) is 2.73. The first-order valence-corrected chi connectivity index (χ1v) is 7.89. The van der Waals surface area contributed by atoms with E-state index >= 15 is 0 Å². The third-order valence-corrected chi connectivity index (χ3v) is 4.23. The van der Waals surface area contributed by atoms with Crippen LogP contribution in [-0.4, -0.2) is 26.8 Å². The Morgan fingerprint density at radius 3 is 2.54 bits per heavy atom. The van der Waals surface area contributed by atoms with Gasteiger partial charge in [-0.25, -0.2) is 0 Å². The predicted molar refractivity (Wildman–Crippen MR) is 92.0 cm³/mol. The number of hydrogen-bond acceptors (Lipinski definition) is 3. The molecule has 24 heavy (non-hydrogen) atoms. The number of carboxylic acid groups (broad SMARTS) is 1. The van der Waals surface area contributed by atoms with Gasteiger partial charge in [0.25, 0.3) is 0 Å². The van der Waals surface area contributed by atoms with Gasteiger partial charge in [-0.2, -0.15) is 5.10 Å². The van der Waals surface area contributed by atoms with Crippen LogP contribution in [0.3, 0.4) is 0 Å². The van der Waals surface area contributed by atoms with Crippen molar-refractivity contribution in [2.24, 2.45) is 13.0 Å². The van der Waals surface area contributed by atoms with E-state index in [9.17, 15) is 9.59 Å². The second-order valence-electron chi connectivity index (χ2n) is 6.10. The van der Waals surface area contributed by atoms with Crippen molar-refractivity contribution in [2.45, 2.75) is 33.6 Å². The average Bonchev–Trinajstić information content (AvgIpc) is 2.75. The van der Waals surface area contributed by atoms with Crippen molar-refractivity contribution in [1.82, 2.24) is 9.78 Å². The topological polar surface area (TPSA) is 84.2 Å². The Morgan fingerprint density at radius 2 is 1.96 bits per heavy atom. The van der Waals surface area contributed by atoms with E-state index in [0.29, 0.717) is 17.7 Å². The van der Waals surface area contributed by atoms with Gasteiger partial charge in [-0.05, 0) is 37.5 Å². The maximum absolute atomic E-state index is 12.5. The number of carbonyl (C=O) groups is 2. The minimum Gasteiger partial charge on any atom is -0.481 e. The number of anilines is 1. The summed E-state index contributed by atoms with van der Waals surface area (Å²) in [4.78, 5) is 23.4. The fraction of sp³-hybridized carbons (Fsp3) is 0.389. The molecule has 2 aromatic rings. The summed E-state index contributed by atoms with van der Waals surface area (Å²) in [5, 5.41) is 16.2. The molecule has 0 saturated heterocycles. The zero-order valence-electron chi connectivity index (χ0n) is 14.5. The Kier molecular flexibility index (Phi) is 5.39. The number of aliphatic carboxylic acids is 1. The van der Waals surface area contributed by atoms with E-state index < -0.39 is 5.97 Å². The van der Waals surface area contributed by atoms with Crippen molar-refractivity contribution in [2.75, 3.05) is 5.32 Å². The van der Waals surface area contributed by atoms with E-state index in [1.54, 1.807) is 24.3 Å². The first-order chi connectivity index (χ1) is 11.3. The zero-order valence-corrected chi connectivity index (χ0v) is 14.5. The van der Waals surface area contributed by atoms with Crippen LogP contribution < -0.4 is 5.32 Å². The van der Waals surface area contributed by atoms with Crippen LogP contribution in [0.4, 0.5) is 5.69 Å². The molecular weight excluding hydrogens is 306 g/mol. The van der Waals surface area contributed by atoms with Gasteiger partial charge in [0.1, 0.15) is 0 Å². The van der Waals surface area contributed by atoms with Crippen molar-refractivity contribution in [3.63, 3.8) is 0 Å². The second kappa shape index (κ2) is 7.29. The standard InChI is InChI=1S/C18H23N3O3/c1-11(9-15-12(2)20-21(4)13(15)3)18(24)19-16-8-6-5-7-14(16)10-17(22)23/h5-8,11H,9-10H2,1-4H3,(H,19,24)(H,22,23). The normalized spacial score (nSPS) is 12.0. The van der Waals surface area contributed by atoms with Crippen molar-refractivity contribution in [3.8, 4) is 0 Å². The lowest BCUT2D eigenvalue weighted by Crippen LogP contribution is -2.23. The van der Waals surface area contributed by atoms with Crippen molar-refractivity contribution in [3.05, 3.63) is 46.8 Å². The maximum Gasteiger partial charge on any atom is 0.307 e. The maximum atomic E-state index is 12.5. The molecule has 0 aliphatic carbocycles. The van der Waals surface area contributed by atoms with Crippen molar-refractivity contribution >= 4 is 17.6 Å². The first-order valence-electron chi connectivity index (χ1n) is 7.89. The SMILES string of the molecule is Cc1nn(C)c(C)c1CC(C)C(=O)Nc1ccccc1CC(=O)O. The first kappa shape index (κ1) is 17.7. The Balaban J connectivity index is 2.11. The molecule has 1 unspecified atom stereocenters. The summed E-state index contributed by atoms with van der Waals surface area (Å²) in [5.74, 6) is -1.30. The van der Waals surface area contributed by atoms with E-state index in [4.69, 9.17) is 5.11 Å². The van der Waals surface area contributed by atoms with Gasteiger partial charge in [0.15, 0.2) is 0 Å². The number of nitrogens with one attached hydrogen (secondary N) is 1. The Labute approximate surface area is 141 Å². The molecule has 1 amide bonds. The monoisotopic (exact) mass is 329 g/mol. The number of benzene rings is 1. The number of carbonyl (C=O) groups excluding carboxylic acids is 1. The van der Waals surface area contributed by atoms with Crippen LogP contribution in [0.5, 0.6) is 0 Å². The lowest BCUT2D eigenvalue weighted by molar-refractivity contribution is -0.136. The molecule has 1 heterocycles. The lowest BCUT2D eigenvalue weighted by atomic mass is 9.98. The lowest BCUT2D eigenvalue weighted by Gasteiger charge is -2.15. The largest absolute Gasteiger partial charge is 0.481 e. The zero-order chi connectivity index (χ0) is 17.9. The summed E-state index contributed by atoms with van der Waals surface area (Å²) in [6.07, 6.45) is 0.476. The highest BCUT2D eigenvalue weighted by Gasteiger charge is 2.19. The van der Waals surface area contributed by atoms with Gasteiger partial charge in [-0.15, -0.1) is 0 Å². The number of aryl methyl sites for hydroxylation is 2. The molecule has 6 nitrogen and oxygen atoms in total. The van der Waals surface area contributed by atoms with Crippen LogP contribution in [0.1, 0.15) is 29.4 Å². The number of aromatic nitrogens is 2. The second-order valence-corrected chi connectivity index (χ2v) is 6.10. The molecule has 1 aromatic heterocycles. The number of para-hydroxylation sites is 1. The molecular formula is C18H23N3O3. The third kappa shape index (κ3) is 4.01. The smallest absolute Gasteiger partial charge is 0.307 e. The van der Waals surface area contributed by atoms with E-state index in [2.05, 4.69) is 10.4 Å². The number of carboxylic acids is 1. The van der Waals surface area contributed by atoms with Crippen molar-refractivity contribution < 1.29 is 14.7 Å². The highest BCUT2D eigenvalue weighted by molar-refractivity contribution is 5.93. The summed E-state index contributed by atoms with van der Waals surface area (Å²) in [6, 6.07) is 6.98. The minimum absolute atomic E-state index is 0.119. The number of rotatable bonds is 6. The highest BCUT2D eigenvalue weighted by atomic mass is 16.4. The van der Waals surface area contributed by atoms with Crippen LogP contribution in [0, 0.1) is 19.8 Å². The number of nitrogens with zero attached hydrogens (tertiary/aromatic N) is 2. The van der Waals surface area contributed by atoms with Crippen LogP contribution in [0.25, 0.3) is 0 Å². The molecule has 2 N–H and O–H groups in total. The molecule has 6 heteroatoms. The number of amides is 1. The van der Waals surface area contributed by atoms with E-state index in [1.165, 1.54) is 0 Å². The molecule has 0 bridgehead atoms. The molecule has 0 saturated carbocycles. The summed E-state index contributed by atoms with van der Waals surface area (Å²) in [7, 11) is 1.89. The van der Waals surface area contributed by atoms with Gasteiger partial charge in [0.2, 0.25) is 5.91 Å². The predicted octanol–water partition coefficient (Wildman–Crippen LogP) is 2.48. The molecule has 1 atom stereocenters. The average molecular weight is 329 g/mol. The Bertz CT molecular complexity index is 765. The van der Waals surface area contributed by atoms with E-state index in [-0.39, 0.29) is 18.2 Å². The van der Waals surface area contributed by atoms with Crippen molar-refractivity contribution in [1.29, 1.82) is 0 Å². The minimum atomic E-state index is -0.925. The Hall–Kier alpha value is -2.63. The van der Waals surface area contributed by atoms with Gasteiger partial charge in [0.05, 0.1) is 12.1 Å². The Morgan fingerprint density at radius 1 is 1.29 bits per heavy atom. The van der Waals surface area contributed by atoms with Crippen LogP contribution in [0.2, 0.25) is 0 Å². The van der Waals surface area contributed by atoms with E-state index in [1.807, 2.05) is 32.5 Å². The summed E-state index contributed by atoms with van der Waals surface area (Å²) in [5.41, 5.74) is 4.22. The van der Waals surface area contributed by atoms with Crippen LogP contribution in [0.15, 0.2) is 24.3 Å². The van der Waals surface area contributed by atoms with Crippen LogP contribution >= 0.6 is 0 Å². The molecule has 0 aliphatic heterocycles. The summed E-state index contributed by atoms with van der Waals surface area (Å²) < 4.78 is 1.82. The molecule has 0 fully saturated rings. The number of hydrogen-bond donors (Lipinski definition) is 2. The van der Waals surface area contributed by atoms with Gasteiger partial charge in [0, 0.05) is 24.3 Å². The summed E-state index contributed by atoms with van der Waals surface area (Å²) in [6.45, 7) is 5.79. The molecule has 1 aromatic carbocycles. The van der Waals surface area contributed by atoms with Gasteiger partial charge >= 0.3 is 5.97 Å². The van der Waals surface area contributed by atoms with E-state index in [0.717, 1.165) is 17.0 Å². The molecule has 128 valence electrons. The molecule has 2 rings (SSSR count). The molecule has 0 spiro atoms. The molecule has 0 aliphatic rings. The summed E-state index contributed by atoms with van der Waals surface area (Å²) >= 11 is 0. The third-order valence-electron chi connectivity index (χ3n) is 4.23. The van der Waals surface area contributed by atoms with Crippen LogP contribution in [-0.2, 0) is 29.5 Å². The highest BCUT2D eigenvalue weighted by Crippen LogP contribution is 2.20.